The summed E-state index contributed by atoms with van der Waals surface area (Å²) in [6.45, 7) is 1.17. The van der Waals surface area contributed by atoms with Crippen molar-refractivity contribution in [1.82, 2.24) is 10.6 Å². The quantitative estimate of drug-likeness (QED) is 0.435. The molecule has 2 atom stereocenters. The molecule has 3 rings (SSSR count). The van der Waals surface area contributed by atoms with Crippen LogP contribution in [0.2, 0.25) is 0 Å². The molecule has 0 spiro atoms. The van der Waals surface area contributed by atoms with E-state index in [0.29, 0.717) is 0 Å². The fraction of sp³-hybridized carbons (Fsp3) is 0.222. The number of carbonyl (C=O) groups excluding carboxylic acids is 3. The zero-order valence-electron chi connectivity index (χ0n) is 19.2. The molecule has 0 fully saturated rings. The first-order chi connectivity index (χ1) is 16.8. The average molecular weight is 481 g/mol. The van der Waals surface area contributed by atoms with Gasteiger partial charge in [-0.05, 0) is 53.9 Å². The van der Waals surface area contributed by atoms with Gasteiger partial charge in [0, 0.05) is 18.9 Å². The summed E-state index contributed by atoms with van der Waals surface area (Å²) in [4.78, 5) is 37.4. The molecule has 2 amide bonds. The highest BCUT2D eigenvalue weighted by molar-refractivity contribution is 5.97. The Kier molecular flexibility index (Phi) is 9.06. The Morgan fingerprint density at radius 1 is 0.771 bits per heavy atom. The number of hydrogen-bond donors (Lipinski definition) is 2. The maximum Gasteiger partial charge on any atom is 0.302 e. The van der Waals surface area contributed by atoms with Crippen LogP contribution in [0, 0.1) is 11.6 Å². The number of halogens is 2. The van der Waals surface area contributed by atoms with Crippen LogP contribution in [-0.2, 0) is 27.2 Å². The first-order valence-corrected chi connectivity index (χ1v) is 11.1. The standard InChI is InChI=1S/C27H26F2N2O4/c1-18(32)35-17-24(15-20-7-11-22(28)12-8-20)30-27(34)25(16-19-5-3-2-4-6-19)31-26(33)21-9-13-23(29)14-10-21/h2-14,24-25H,15-17H2,1H3,(H,30,34)(H,31,33)/t24-,25-/m0/s1. The van der Waals surface area contributed by atoms with Crippen LogP contribution in [0.1, 0.15) is 28.4 Å². The minimum atomic E-state index is -0.956. The van der Waals surface area contributed by atoms with Crippen LogP contribution >= 0.6 is 0 Å². The van der Waals surface area contributed by atoms with Gasteiger partial charge < -0.3 is 15.4 Å². The fourth-order valence-corrected chi connectivity index (χ4v) is 3.48. The minimum absolute atomic E-state index is 0.0948. The van der Waals surface area contributed by atoms with Gasteiger partial charge in [-0.2, -0.15) is 0 Å². The van der Waals surface area contributed by atoms with E-state index >= 15 is 0 Å². The van der Waals surface area contributed by atoms with Crippen molar-refractivity contribution in [3.8, 4) is 0 Å². The molecule has 0 unspecified atom stereocenters. The summed E-state index contributed by atoms with van der Waals surface area (Å²) in [6, 6.07) is 18.4. The number of rotatable bonds is 10. The lowest BCUT2D eigenvalue weighted by Crippen LogP contribution is -2.52. The largest absolute Gasteiger partial charge is 0.464 e. The predicted molar refractivity (Wildman–Crippen MR) is 126 cm³/mol. The third-order valence-electron chi connectivity index (χ3n) is 5.24. The van der Waals surface area contributed by atoms with Crippen molar-refractivity contribution in [3.05, 3.63) is 107 Å². The lowest BCUT2D eigenvalue weighted by molar-refractivity contribution is -0.142. The summed E-state index contributed by atoms with van der Waals surface area (Å²) in [6.07, 6.45) is 0.486. The van der Waals surface area contributed by atoms with Crippen LogP contribution in [-0.4, -0.2) is 36.5 Å². The second kappa shape index (κ2) is 12.4. The average Bonchev–Trinajstić information content (AvgIpc) is 2.84. The Hall–Kier alpha value is -4.07. The molecule has 3 aromatic carbocycles. The Morgan fingerprint density at radius 2 is 1.34 bits per heavy atom. The van der Waals surface area contributed by atoms with Crippen molar-refractivity contribution in [2.45, 2.75) is 31.8 Å². The molecule has 0 aliphatic rings. The van der Waals surface area contributed by atoms with E-state index in [9.17, 15) is 23.2 Å². The molecule has 182 valence electrons. The molecule has 35 heavy (non-hydrogen) atoms. The molecule has 0 radical (unpaired) electrons. The Labute approximate surface area is 202 Å². The SMILES string of the molecule is CC(=O)OC[C@H](Cc1ccc(F)cc1)NC(=O)[C@H](Cc1ccccc1)NC(=O)c1ccc(F)cc1. The zero-order valence-corrected chi connectivity index (χ0v) is 19.2. The lowest BCUT2D eigenvalue weighted by Gasteiger charge is -2.24. The monoisotopic (exact) mass is 480 g/mol. The van der Waals surface area contributed by atoms with Gasteiger partial charge in [-0.15, -0.1) is 0 Å². The highest BCUT2D eigenvalue weighted by Gasteiger charge is 2.25. The summed E-state index contributed by atoms with van der Waals surface area (Å²) in [5.41, 5.74) is 1.76. The van der Waals surface area contributed by atoms with Crippen LogP contribution in [0.3, 0.4) is 0 Å². The van der Waals surface area contributed by atoms with Crippen molar-refractivity contribution in [3.63, 3.8) is 0 Å². The molecule has 0 aliphatic heterocycles. The number of amides is 2. The topological polar surface area (TPSA) is 84.5 Å². The second-order valence-electron chi connectivity index (χ2n) is 8.06. The minimum Gasteiger partial charge on any atom is -0.464 e. The van der Waals surface area contributed by atoms with Gasteiger partial charge in [0.1, 0.15) is 24.3 Å². The first-order valence-electron chi connectivity index (χ1n) is 11.1. The number of esters is 1. The molecule has 0 aromatic heterocycles. The van der Waals surface area contributed by atoms with E-state index in [1.54, 1.807) is 12.1 Å². The van der Waals surface area contributed by atoms with Gasteiger partial charge in [0.05, 0.1) is 6.04 Å². The van der Waals surface area contributed by atoms with E-state index < -0.39 is 35.7 Å². The van der Waals surface area contributed by atoms with Crippen LogP contribution in [0.4, 0.5) is 8.78 Å². The molecule has 0 saturated carbocycles. The summed E-state index contributed by atoms with van der Waals surface area (Å²) >= 11 is 0. The number of nitrogens with one attached hydrogen (secondary N) is 2. The maximum atomic E-state index is 13.3. The highest BCUT2D eigenvalue weighted by atomic mass is 19.1. The fourth-order valence-electron chi connectivity index (χ4n) is 3.48. The summed E-state index contributed by atoms with van der Waals surface area (Å²) in [5, 5.41) is 5.55. The Balaban J connectivity index is 1.77. The summed E-state index contributed by atoms with van der Waals surface area (Å²) in [7, 11) is 0. The second-order valence-corrected chi connectivity index (χ2v) is 8.06. The molecule has 0 saturated heterocycles. The van der Waals surface area contributed by atoms with Crippen molar-refractivity contribution in [2.75, 3.05) is 6.61 Å². The summed E-state index contributed by atoms with van der Waals surface area (Å²) in [5.74, 6) is -2.39. The number of carbonyl (C=O) groups is 3. The van der Waals surface area contributed by atoms with Gasteiger partial charge in [0.2, 0.25) is 5.91 Å². The van der Waals surface area contributed by atoms with Gasteiger partial charge in [-0.3, -0.25) is 14.4 Å². The predicted octanol–water partition coefficient (Wildman–Crippen LogP) is 3.60. The third-order valence-corrected chi connectivity index (χ3v) is 5.24. The van der Waals surface area contributed by atoms with Crippen molar-refractivity contribution in [1.29, 1.82) is 0 Å². The third kappa shape index (κ3) is 8.33. The van der Waals surface area contributed by atoms with Gasteiger partial charge >= 0.3 is 5.97 Å². The maximum absolute atomic E-state index is 13.3. The van der Waals surface area contributed by atoms with E-state index in [-0.39, 0.29) is 30.8 Å². The van der Waals surface area contributed by atoms with Crippen LogP contribution in [0.15, 0.2) is 78.9 Å². The normalized spacial score (nSPS) is 12.3. The van der Waals surface area contributed by atoms with Crippen molar-refractivity contribution < 1.29 is 27.9 Å². The van der Waals surface area contributed by atoms with Gasteiger partial charge in [0.25, 0.3) is 5.91 Å². The molecule has 3 aromatic rings. The Morgan fingerprint density at radius 3 is 1.94 bits per heavy atom. The number of ether oxygens (including phenoxy) is 1. The van der Waals surface area contributed by atoms with Crippen LogP contribution in [0.25, 0.3) is 0 Å². The number of hydrogen-bond acceptors (Lipinski definition) is 4. The lowest BCUT2D eigenvalue weighted by atomic mass is 10.0. The van der Waals surface area contributed by atoms with Gasteiger partial charge in [-0.1, -0.05) is 42.5 Å². The molecule has 0 heterocycles. The van der Waals surface area contributed by atoms with Crippen LogP contribution < -0.4 is 10.6 Å². The number of benzene rings is 3. The van der Waals surface area contributed by atoms with Gasteiger partial charge in [-0.25, -0.2) is 8.78 Å². The molecular formula is C27H26F2N2O4. The molecule has 6 nitrogen and oxygen atoms in total. The smallest absolute Gasteiger partial charge is 0.302 e. The zero-order chi connectivity index (χ0) is 25.2. The van der Waals surface area contributed by atoms with E-state index in [1.165, 1.54) is 43.3 Å². The highest BCUT2D eigenvalue weighted by Crippen LogP contribution is 2.10. The van der Waals surface area contributed by atoms with E-state index in [1.807, 2.05) is 30.3 Å². The molecular weight excluding hydrogens is 454 g/mol. The van der Waals surface area contributed by atoms with Crippen LogP contribution in [0.5, 0.6) is 0 Å². The Bertz CT molecular complexity index is 1140. The molecule has 0 aliphatic carbocycles. The van der Waals surface area contributed by atoms with Crippen molar-refractivity contribution >= 4 is 17.8 Å². The summed E-state index contributed by atoms with van der Waals surface area (Å²) < 4.78 is 31.6. The molecule has 8 heteroatoms. The van der Waals surface area contributed by atoms with Gasteiger partial charge in [0.15, 0.2) is 0 Å². The molecule has 0 bridgehead atoms. The van der Waals surface area contributed by atoms with Crippen molar-refractivity contribution in [2.24, 2.45) is 0 Å². The van der Waals surface area contributed by atoms with E-state index in [4.69, 9.17) is 4.74 Å². The molecule has 2 N–H and O–H groups in total. The van der Waals surface area contributed by atoms with E-state index in [2.05, 4.69) is 10.6 Å². The first kappa shape index (κ1) is 25.6. The van der Waals surface area contributed by atoms with E-state index in [0.717, 1.165) is 11.1 Å².